The van der Waals surface area contributed by atoms with Gasteiger partial charge in [-0.05, 0) is 100 Å². The normalized spacial score (nSPS) is 26.5. The van der Waals surface area contributed by atoms with E-state index in [4.69, 9.17) is 0 Å². The van der Waals surface area contributed by atoms with Gasteiger partial charge in [-0.2, -0.15) is 0 Å². The van der Waals surface area contributed by atoms with E-state index in [9.17, 15) is 38.4 Å². The number of nitrogens with zero attached hydrogens (tertiary/aromatic N) is 8. The molecule has 2 aliphatic heterocycles. The Morgan fingerprint density at radius 3 is 1.35 bits per heavy atom. The number of likely N-dealkylation sites (N-methyl/N-ethyl adjacent to an activating group) is 7. The van der Waals surface area contributed by atoms with Crippen LogP contribution in [0.25, 0.3) is 0 Å². The Kier molecular flexibility index (Phi) is 33.1. The summed E-state index contributed by atoms with van der Waals surface area (Å²) in [6, 6.07) is -11.7. The maximum absolute atomic E-state index is 15.3. The fourth-order valence-electron chi connectivity index (χ4n) is 12.0. The molecule has 0 aromatic rings. The fourth-order valence-corrected chi connectivity index (χ4v) is 12.0. The standard InChI is InChI=1S/C66H119N13O12/c1-24-47-62(87)72(17)37-54(81)73(18)48(32-38(2)3)60(85)71-55(42(10)11)65(90)74(19)49(33-39(4)5)58(83)68-45(15)57(82)69-46(16)61(86)76(21)51(34-40(6)7)63(88)77(22)52(35-41(8)9)64(89)78(23)56(43(12)13)66(91)75(20)50(59(84)70-47)36-44(14)26-25-27-53(80)79-30-28-67-29-31-79/h38-52,55-56,67H,24-37H2,1-23H3,(H,68,83)(H,69,82)(H,70,84)(H,71,85)/t44-,45+,46-,47+,48+,49+,50+,51?,52?,55+,56+/m1/s1. The summed E-state index contributed by atoms with van der Waals surface area (Å²) in [5.74, 6) is -8.70. The van der Waals surface area contributed by atoms with E-state index in [1.165, 1.54) is 92.6 Å². The molecule has 0 bridgehead atoms. The van der Waals surface area contributed by atoms with Gasteiger partial charge in [0.25, 0.3) is 0 Å². The Bertz CT molecular complexity index is 2480. The monoisotopic (exact) mass is 1290 g/mol. The highest BCUT2D eigenvalue weighted by Crippen LogP contribution is 2.26. The molecule has 0 aromatic carbocycles. The van der Waals surface area contributed by atoms with Crippen molar-refractivity contribution >= 4 is 70.9 Å². The minimum atomic E-state index is -1.22. The highest BCUT2D eigenvalue weighted by Gasteiger charge is 2.44. The Balaban J connectivity index is 2.92. The first kappa shape index (κ1) is 80.7. The summed E-state index contributed by atoms with van der Waals surface area (Å²) in [6.07, 6.45) is 2.17. The van der Waals surface area contributed by atoms with Crippen LogP contribution in [-0.4, -0.2) is 253 Å². The second-order valence-electron chi connectivity index (χ2n) is 28.3. The van der Waals surface area contributed by atoms with Gasteiger partial charge in [0.1, 0.15) is 60.4 Å². The number of rotatable bonds is 17. The zero-order chi connectivity index (χ0) is 69.8. The number of carbonyl (C=O) groups is 12. The predicted molar refractivity (Wildman–Crippen MR) is 351 cm³/mol. The number of hydrogen-bond acceptors (Lipinski definition) is 13. The minimum Gasteiger partial charge on any atom is -0.343 e. The molecule has 0 saturated carbocycles. The van der Waals surface area contributed by atoms with Crippen molar-refractivity contribution in [1.29, 1.82) is 0 Å². The first-order valence-corrected chi connectivity index (χ1v) is 33.3. The summed E-state index contributed by atoms with van der Waals surface area (Å²) in [5, 5.41) is 14.4. The van der Waals surface area contributed by atoms with Crippen molar-refractivity contribution in [1.82, 2.24) is 65.8 Å². The molecule has 2 unspecified atom stereocenters. The molecule has 0 aliphatic carbocycles. The lowest BCUT2D eigenvalue weighted by molar-refractivity contribution is -0.156. The van der Waals surface area contributed by atoms with E-state index in [0.29, 0.717) is 45.4 Å². The van der Waals surface area contributed by atoms with Gasteiger partial charge in [-0.15, -0.1) is 0 Å². The van der Waals surface area contributed by atoms with Crippen molar-refractivity contribution in [3.63, 3.8) is 0 Å². The van der Waals surface area contributed by atoms with E-state index in [2.05, 4.69) is 26.6 Å². The van der Waals surface area contributed by atoms with Gasteiger partial charge in [-0.25, -0.2) is 0 Å². The minimum absolute atomic E-state index is 0.0295. The molecule has 25 nitrogen and oxygen atoms in total. The molecule has 0 spiro atoms. The summed E-state index contributed by atoms with van der Waals surface area (Å²) < 4.78 is 0. The molecule has 0 radical (unpaired) electrons. The SMILES string of the molecule is CC[C@@H]1NC(=O)[C@H](C[C@H](C)CCCC(=O)N2CCNCC2)N(C)C(=O)[C@H](C(C)C)N(C)C(=O)C(CC(C)C)N(C)C(=O)C(CC(C)C)N(C)C(=O)[C@@H](C)NC(=O)[C@H](C)NC(=O)[C@H](CC(C)C)N(C)C(=O)[C@H](C(C)C)NC(=O)[C@H](CC(C)C)N(C)C(=O)CN(C)C1=O. The molecule has 520 valence electrons. The Hall–Kier alpha value is -6.40. The van der Waals surface area contributed by atoms with Gasteiger partial charge in [0, 0.05) is 81.9 Å². The van der Waals surface area contributed by atoms with Crippen LogP contribution in [-0.2, 0) is 57.5 Å². The van der Waals surface area contributed by atoms with Crippen LogP contribution >= 0.6 is 0 Å². The highest BCUT2D eigenvalue weighted by molar-refractivity contribution is 5.99. The van der Waals surface area contributed by atoms with E-state index in [1.54, 1.807) is 34.6 Å². The van der Waals surface area contributed by atoms with Crippen molar-refractivity contribution in [3.05, 3.63) is 0 Å². The van der Waals surface area contributed by atoms with Crippen LogP contribution in [0.2, 0.25) is 0 Å². The molecular formula is C66H119N13O12. The van der Waals surface area contributed by atoms with E-state index < -0.39 is 144 Å². The fraction of sp³-hybridized carbons (Fsp3) is 0.818. The molecule has 12 amide bonds. The molecule has 91 heavy (non-hydrogen) atoms. The van der Waals surface area contributed by atoms with Gasteiger partial charge >= 0.3 is 0 Å². The van der Waals surface area contributed by atoms with Crippen LogP contribution in [0.15, 0.2) is 0 Å². The first-order chi connectivity index (χ1) is 42.2. The Labute approximate surface area is 544 Å². The molecule has 2 aliphatic rings. The summed E-state index contributed by atoms with van der Waals surface area (Å²) in [7, 11) is 10.2. The van der Waals surface area contributed by atoms with Gasteiger partial charge in [0.2, 0.25) is 70.9 Å². The number of hydrogen-bond donors (Lipinski definition) is 5. The lowest BCUT2D eigenvalue weighted by Gasteiger charge is -2.41. The largest absolute Gasteiger partial charge is 0.343 e. The molecular weight excluding hydrogens is 1170 g/mol. The van der Waals surface area contributed by atoms with Gasteiger partial charge in [0.15, 0.2) is 0 Å². The lowest BCUT2D eigenvalue weighted by Crippen LogP contribution is -2.61. The number of nitrogens with one attached hydrogen (secondary N) is 5. The molecule has 0 aromatic heterocycles. The average Bonchev–Trinajstić information content (AvgIpc) is 0.866. The van der Waals surface area contributed by atoms with Crippen LogP contribution in [0.1, 0.15) is 169 Å². The summed E-state index contributed by atoms with van der Waals surface area (Å²) in [6.45, 7) is 30.7. The van der Waals surface area contributed by atoms with Crippen molar-refractivity contribution in [3.8, 4) is 0 Å². The van der Waals surface area contributed by atoms with Gasteiger partial charge in [-0.1, -0.05) is 103 Å². The summed E-state index contributed by atoms with van der Waals surface area (Å²) in [4.78, 5) is 185. The van der Waals surface area contributed by atoms with E-state index >= 15 is 19.2 Å². The molecule has 2 heterocycles. The molecule has 2 rings (SSSR count). The van der Waals surface area contributed by atoms with Crippen LogP contribution < -0.4 is 26.6 Å². The van der Waals surface area contributed by atoms with Crippen LogP contribution in [0, 0.1) is 41.4 Å². The lowest BCUT2D eigenvalue weighted by atomic mass is 9.92. The quantitative estimate of drug-likeness (QED) is 0.140. The second-order valence-corrected chi connectivity index (χ2v) is 28.3. The maximum Gasteiger partial charge on any atom is 0.246 e. The van der Waals surface area contributed by atoms with Crippen molar-refractivity contribution in [2.45, 2.75) is 229 Å². The zero-order valence-corrected chi connectivity index (χ0v) is 59.7. The van der Waals surface area contributed by atoms with Gasteiger partial charge in [0.05, 0.1) is 6.54 Å². The number of amides is 12. The van der Waals surface area contributed by atoms with Crippen LogP contribution in [0.3, 0.4) is 0 Å². The van der Waals surface area contributed by atoms with Gasteiger partial charge < -0.3 is 65.8 Å². The Morgan fingerprint density at radius 2 is 0.868 bits per heavy atom. The third-order valence-corrected chi connectivity index (χ3v) is 17.7. The highest BCUT2D eigenvalue weighted by atomic mass is 16.2. The third-order valence-electron chi connectivity index (χ3n) is 17.7. The topological polar surface area (TPSA) is 291 Å². The van der Waals surface area contributed by atoms with E-state index in [-0.39, 0.29) is 74.0 Å². The van der Waals surface area contributed by atoms with E-state index in [0.717, 1.165) is 4.90 Å². The first-order valence-electron chi connectivity index (χ1n) is 33.3. The maximum atomic E-state index is 15.3. The van der Waals surface area contributed by atoms with Crippen molar-refractivity contribution in [2.75, 3.05) is 82.1 Å². The number of carbonyl (C=O) groups excluding carboxylic acids is 12. The molecule has 5 N–H and O–H groups in total. The molecule has 2 saturated heterocycles. The summed E-state index contributed by atoms with van der Waals surface area (Å²) in [5.41, 5.74) is 0. The number of piperazine rings is 1. The average molecular weight is 1290 g/mol. The Morgan fingerprint density at radius 1 is 0.451 bits per heavy atom. The van der Waals surface area contributed by atoms with Crippen molar-refractivity contribution < 1.29 is 57.5 Å². The van der Waals surface area contributed by atoms with Crippen LogP contribution in [0.5, 0.6) is 0 Å². The van der Waals surface area contributed by atoms with Gasteiger partial charge in [-0.3, -0.25) is 57.5 Å². The van der Waals surface area contributed by atoms with Crippen LogP contribution in [0.4, 0.5) is 0 Å². The summed E-state index contributed by atoms with van der Waals surface area (Å²) >= 11 is 0. The molecule has 25 heteroatoms. The van der Waals surface area contributed by atoms with Crippen molar-refractivity contribution in [2.24, 2.45) is 41.4 Å². The molecule has 2 fully saturated rings. The third kappa shape index (κ3) is 23.6. The second kappa shape index (κ2) is 37.3. The molecule has 11 atom stereocenters. The predicted octanol–water partition coefficient (Wildman–Crippen LogP) is 2.93. The zero-order valence-electron chi connectivity index (χ0n) is 59.7. The smallest absolute Gasteiger partial charge is 0.246 e. The van der Waals surface area contributed by atoms with E-state index in [1.807, 2.05) is 67.2 Å².